The van der Waals surface area contributed by atoms with Crippen LogP contribution in [0.1, 0.15) is 31.2 Å². The Bertz CT molecular complexity index is 806. The van der Waals surface area contributed by atoms with Crippen LogP contribution in [0.5, 0.6) is 6.01 Å². The molecule has 2 aromatic rings. The highest BCUT2D eigenvalue weighted by molar-refractivity contribution is 5.89. The Morgan fingerprint density at radius 1 is 1.11 bits per heavy atom. The number of nitrogens with zero attached hydrogens (tertiary/aromatic N) is 2. The maximum atomic E-state index is 12.8. The van der Waals surface area contributed by atoms with E-state index >= 15 is 0 Å². The molecule has 1 heterocycles. The molecule has 0 bridgehead atoms. The van der Waals surface area contributed by atoms with Crippen LogP contribution in [-0.2, 0) is 6.18 Å². The number of urea groups is 1. The van der Waals surface area contributed by atoms with E-state index in [2.05, 4.69) is 20.6 Å². The van der Waals surface area contributed by atoms with Crippen LogP contribution < -0.4 is 15.4 Å². The van der Waals surface area contributed by atoms with Gasteiger partial charge in [0.25, 0.3) is 0 Å². The van der Waals surface area contributed by atoms with E-state index in [0.29, 0.717) is 25.7 Å². The van der Waals surface area contributed by atoms with E-state index in [4.69, 9.17) is 4.74 Å². The Morgan fingerprint density at radius 3 is 2.43 bits per heavy atom. The molecule has 150 valence electrons. The number of alkyl halides is 3. The summed E-state index contributed by atoms with van der Waals surface area (Å²) in [5.74, 6) is -0.549. The predicted octanol–water partition coefficient (Wildman–Crippen LogP) is 4.15. The van der Waals surface area contributed by atoms with Crippen molar-refractivity contribution >= 4 is 11.7 Å². The van der Waals surface area contributed by atoms with Crippen molar-refractivity contribution in [2.45, 2.75) is 44.0 Å². The number of carbonyl (C=O) groups is 1. The molecule has 2 N–H and O–H groups in total. The molecule has 2 amide bonds. The van der Waals surface area contributed by atoms with Crippen molar-refractivity contribution in [3.05, 3.63) is 48.0 Å². The molecule has 0 radical (unpaired) electrons. The van der Waals surface area contributed by atoms with Gasteiger partial charge in [0, 0.05) is 11.7 Å². The van der Waals surface area contributed by atoms with Crippen molar-refractivity contribution in [2.24, 2.45) is 0 Å². The summed E-state index contributed by atoms with van der Waals surface area (Å²) in [5.41, 5.74) is -0.760. The minimum Gasteiger partial charge on any atom is -0.460 e. The van der Waals surface area contributed by atoms with E-state index in [1.165, 1.54) is 12.1 Å². The molecule has 10 heteroatoms. The summed E-state index contributed by atoms with van der Waals surface area (Å²) >= 11 is 0. The van der Waals surface area contributed by atoms with Gasteiger partial charge in [-0.25, -0.2) is 19.2 Å². The van der Waals surface area contributed by atoms with Gasteiger partial charge in [-0.05, 0) is 43.9 Å². The van der Waals surface area contributed by atoms with Crippen LogP contribution in [0.2, 0.25) is 0 Å². The van der Waals surface area contributed by atoms with Crippen LogP contribution in [0.3, 0.4) is 0 Å². The number of rotatable bonds is 4. The molecule has 1 aliphatic rings. The second-order valence-corrected chi connectivity index (χ2v) is 6.45. The molecular weight excluding hydrogens is 380 g/mol. The molecule has 1 fully saturated rings. The molecule has 1 aromatic carbocycles. The minimum atomic E-state index is -4.47. The lowest BCUT2D eigenvalue weighted by Gasteiger charge is -2.28. The number of amides is 2. The zero-order chi connectivity index (χ0) is 20.1. The Hall–Kier alpha value is -2.91. The Balaban J connectivity index is 1.45. The normalized spacial score (nSPS) is 19.7. The van der Waals surface area contributed by atoms with Gasteiger partial charge in [0.1, 0.15) is 6.10 Å². The monoisotopic (exact) mass is 398 g/mol. The number of hydrogen-bond acceptors (Lipinski definition) is 4. The fourth-order valence-corrected chi connectivity index (χ4v) is 2.96. The van der Waals surface area contributed by atoms with Crippen molar-refractivity contribution in [1.29, 1.82) is 0 Å². The zero-order valence-electron chi connectivity index (χ0n) is 14.7. The second kappa shape index (κ2) is 8.41. The first-order chi connectivity index (χ1) is 13.3. The summed E-state index contributed by atoms with van der Waals surface area (Å²) < 4.78 is 56.5. The third-order valence-corrected chi connectivity index (χ3v) is 4.33. The SMILES string of the molecule is O=C(Nc1cccc(C(F)(F)F)c1)NC1CCC(Oc2ncc(F)cn2)CC1. The van der Waals surface area contributed by atoms with Gasteiger partial charge < -0.3 is 15.4 Å². The lowest BCUT2D eigenvalue weighted by atomic mass is 9.93. The van der Waals surface area contributed by atoms with Gasteiger partial charge in [-0.2, -0.15) is 13.2 Å². The Morgan fingerprint density at radius 2 is 1.79 bits per heavy atom. The van der Waals surface area contributed by atoms with Crippen molar-refractivity contribution in [1.82, 2.24) is 15.3 Å². The van der Waals surface area contributed by atoms with Crippen LogP contribution >= 0.6 is 0 Å². The quantitative estimate of drug-likeness (QED) is 0.759. The van der Waals surface area contributed by atoms with Crippen molar-refractivity contribution < 1.29 is 27.1 Å². The first kappa shape index (κ1) is 19.8. The van der Waals surface area contributed by atoms with Crippen LogP contribution in [0.4, 0.5) is 28.0 Å². The number of hydrogen-bond donors (Lipinski definition) is 2. The molecule has 3 rings (SSSR count). The standard InChI is InChI=1S/C18H18F4N4O2/c19-12-9-23-17(24-10-12)28-15-6-4-13(5-7-15)25-16(27)26-14-3-1-2-11(8-14)18(20,21)22/h1-3,8-10,13,15H,4-7H2,(H2,25,26,27). The van der Waals surface area contributed by atoms with Crippen LogP contribution in [0, 0.1) is 5.82 Å². The molecule has 1 saturated carbocycles. The fraction of sp³-hybridized carbons (Fsp3) is 0.389. The highest BCUT2D eigenvalue weighted by Crippen LogP contribution is 2.30. The Kier molecular flexibility index (Phi) is 5.96. The molecule has 0 unspecified atom stereocenters. The third-order valence-electron chi connectivity index (χ3n) is 4.33. The maximum Gasteiger partial charge on any atom is 0.416 e. The van der Waals surface area contributed by atoms with Gasteiger partial charge in [-0.15, -0.1) is 0 Å². The number of ether oxygens (including phenoxy) is 1. The summed E-state index contributed by atoms with van der Waals surface area (Å²) in [5, 5.41) is 5.17. The van der Waals surface area contributed by atoms with E-state index < -0.39 is 23.6 Å². The summed E-state index contributed by atoms with van der Waals surface area (Å²) in [4.78, 5) is 19.5. The third kappa shape index (κ3) is 5.54. The number of anilines is 1. The number of halogens is 4. The smallest absolute Gasteiger partial charge is 0.416 e. The molecule has 0 atom stereocenters. The van der Waals surface area contributed by atoms with Gasteiger partial charge in [-0.1, -0.05) is 6.07 Å². The van der Waals surface area contributed by atoms with E-state index in [1.54, 1.807) is 0 Å². The van der Waals surface area contributed by atoms with Gasteiger partial charge in [0.05, 0.1) is 18.0 Å². The van der Waals surface area contributed by atoms with E-state index in [1.807, 2.05) is 0 Å². The van der Waals surface area contributed by atoms with E-state index in [0.717, 1.165) is 24.5 Å². The number of aromatic nitrogens is 2. The second-order valence-electron chi connectivity index (χ2n) is 6.45. The molecular formula is C18H18F4N4O2. The number of benzene rings is 1. The van der Waals surface area contributed by atoms with Crippen LogP contribution in [-0.4, -0.2) is 28.1 Å². The molecule has 1 aliphatic carbocycles. The maximum absolute atomic E-state index is 12.8. The average molecular weight is 398 g/mol. The summed E-state index contributed by atoms with van der Waals surface area (Å²) in [6.45, 7) is 0. The first-order valence-electron chi connectivity index (χ1n) is 8.68. The van der Waals surface area contributed by atoms with Crippen LogP contribution in [0.25, 0.3) is 0 Å². The van der Waals surface area contributed by atoms with Gasteiger partial charge >= 0.3 is 18.2 Å². The summed E-state index contributed by atoms with van der Waals surface area (Å²) in [6, 6.07) is 3.86. The summed E-state index contributed by atoms with van der Waals surface area (Å²) in [6.07, 6.45) is -0.0499. The van der Waals surface area contributed by atoms with Gasteiger partial charge in [-0.3, -0.25) is 0 Å². The highest BCUT2D eigenvalue weighted by Gasteiger charge is 2.30. The van der Waals surface area contributed by atoms with Gasteiger partial charge in [0.15, 0.2) is 5.82 Å². The molecule has 28 heavy (non-hydrogen) atoms. The summed E-state index contributed by atoms with van der Waals surface area (Å²) in [7, 11) is 0. The molecule has 6 nitrogen and oxygen atoms in total. The average Bonchev–Trinajstić information content (AvgIpc) is 2.65. The molecule has 0 spiro atoms. The highest BCUT2D eigenvalue weighted by atomic mass is 19.4. The van der Waals surface area contributed by atoms with Crippen molar-refractivity contribution in [3.8, 4) is 6.01 Å². The largest absolute Gasteiger partial charge is 0.460 e. The Labute approximate surface area is 158 Å². The fourth-order valence-electron chi connectivity index (χ4n) is 2.96. The van der Waals surface area contributed by atoms with E-state index in [9.17, 15) is 22.4 Å². The predicted molar refractivity (Wildman–Crippen MR) is 92.3 cm³/mol. The molecule has 0 saturated heterocycles. The van der Waals surface area contributed by atoms with Crippen LogP contribution in [0.15, 0.2) is 36.7 Å². The lowest BCUT2D eigenvalue weighted by Crippen LogP contribution is -2.41. The minimum absolute atomic E-state index is 0.0674. The molecule has 0 aliphatic heterocycles. The molecule has 1 aromatic heterocycles. The lowest BCUT2D eigenvalue weighted by molar-refractivity contribution is -0.137. The number of nitrogens with one attached hydrogen (secondary N) is 2. The topological polar surface area (TPSA) is 76.1 Å². The van der Waals surface area contributed by atoms with Crippen molar-refractivity contribution in [2.75, 3.05) is 5.32 Å². The van der Waals surface area contributed by atoms with E-state index in [-0.39, 0.29) is 23.8 Å². The van der Waals surface area contributed by atoms with Crippen molar-refractivity contribution in [3.63, 3.8) is 0 Å². The number of carbonyl (C=O) groups excluding carboxylic acids is 1. The zero-order valence-corrected chi connectivity index (χ0v) is 14.7. The van der Waals surface area contributed by atoms with Gasteiger partial charge in [0.2, 0.25) is 0 Å². The first-order valence-corrected chi connectivity index (χ1v) is 8.68.